The van der Waals surface area contributed by atoms with Crippen LogP contribution in [0.1, 0.15) is 42.0 Å². The number of fused-ring (bicyclic) bond motifs is 1. The lowest BCUT2D eigenvalue weighted by molar-refractivity contribution is 0.196. The number of hydrogen-bond acceptors (Lipinski definition) is 3. The van der Waals surface area contributed by atoms with Gasteiger partial charge in [0, 0.05) is 12.1 Å². The maximum Gasteiger partial charge on any atom is 0.128 e. The first-order chi connectivity index (χ1) is 9.70. The van der Waals surface area contributed by atoms with Gasteiger partial charge in [0.1, 0.15) is 11.9 Å². The minimum Gasteiger partial charge on any atom is -0.493 e. The van der Waals surface area contributed by atoms with Gasteiger partial charge in [-0.25, -0.2) is 0 Å². The van der Waals surface area contributed by atoms with Gasteiger partial charge < -0.3 is 9.84 Å². The largest absolute Gasteiger partial charge is 0.493 e. The average Bonchev–Trinajstić information content (AvgIpc) is 2.87. The van der Waals surface area contributed by atoms with Crippen molar-refractivity contribution in [3.05, 3.63) is 46.8 Å². The molecular formula is C16H20N2O2. The molecule has 4 nitrogen and oxygen atoms in total. The van der Waals surface area contributed by atoms with E-state index in [1.807, 2.05) is 36.7 Å². The fraction of sp³-hybridized carbons (Fsp3) is 0.438. The van der Waals surface area contributed by atoms with E-state index in [0.29, 0.717) is 0 Å². The minimum absolute atomic E-state index is 0.691. The molecule has 1 unspecified atom stereocenters. The standard InChI is InChI=1S/C16H20N2O2/c1-3-18-14(10-11(2)17-18)15(19)13-8-4-6-12-7-5-9-20-16(12)13/h4,6,8,10,15,19H,3,5,7,9H2,1-2H3. The fourth-order valence-corrected chi connectivity index (χ4v) is 2.83. The average molecular weight is 272 g/mol. The molecule has 0 aliphatic carbocycles. The van der Waals surface area contributed by atoms with Gasteiger partial charge in [-0.2, -0.15) is 5.10 Å². The van der Waals surface area contributed by atoms with Gasteiger partial charge in [0.25, 0.3) is 0 Å². The number of hydrogen-bond donors (Lipinski definition) is 1. The van der Waals surface area contributed by atoms with Crippen molar-refractivity contribution < 1.29 is 9.84 Å². The summed E-state index contributed by atoms with van der Waals surface area (Å²) in [5.74, 6) is 0.854. The van der Waals surface area contributed by atoms with Crippen molar-refractivity contribution in [1.82, 2.24) is 9.78 Å². The van der Waals surface area contributed by atoms with Crippen molar-refractivity contribution in [2.75, 3.05) is 6.61 Å². The molecule has 0 amide bonds. The monoisotopic (exact) mass is 272 g/mol. The van der Waals surface area contributed by atoms with Gasteiger partial charge in [-0.15, -0.1) is 0 Å². The molecule has 1 aliphatic rings. The number of para-hydroxylation sites is 1. The molecule has 0 fully saturated rings. The molecule has 0 saturated carbocycles. The van der Waals surface area contributed by atoms with E-state index >= 15 is 0 Å². The number of aliphatic hydroxyl groups excluding tert-OH is 1. The molecule has 0 radical (unpaired) electrons. The molecule has 1 atom stereocenters. The summed E-state index contributed by atoms with van der Waals surface area (Å²) < 4.78 is 7.64. The highest BCUT2D eigenvalue weighted by atomic mass is 16.5. The van der Waals surface area contributed by atoms with Crippen LogP contribution in [0.25, 0.3) is 0 Å². The Balaban J connectivity index is 2.04. The van der Waals surface area contributed by atoms with E-state index in [0.717, 1.165) is 48.7 Å². The van der Waals surface area contributed by atoms with E-state index in [1.165, 1.54) is 5.56 Å². The Morgan fingerprint density at radius 2 is 2.30 bits per heavy atom. The number of aromatic nitrogens is 2. The third-order valence-electron chi connectivity index (χ3n) is 3.77. The topological polar surface area (TPSA) is 47.3 Å². The van der Waals surface area contributed by atoms with Crippen LogP contribution in [0.15, 0.2) is 24.3 Å². The Hall–Kier alpha value is -1.81. The van der Waals surface area contributed by atoms with Gasteiger partial charge in [0.15, 0.2) is 0 Å². The Labute approximate surface area is 119 Å². The molecule has 0 spiro atoms. The van der Waals surface area contributed by atoms with Crippen LogP contribution < -0.4 is 4.74 Å². The van der Waals surface area contributed by atoms with Gasteiger partial charge in [-0.05, 0) is 38.3 Å². The molecule has 2 aromatic rings. The van der Waals surface area contributed by atoms with E-state index in [1.54, 1.807) is 0 Å². The van der Waals surface area contributed by atoms with Gasteiger partial charge >= 0.3 is 0 Å². The van der Waals surface area contributed by atoms with Gasteiger partial charge in [0.2, 0.25) is 0 Å². The Morgan fingerprint density at radius 3 is 3.10 bits per heavy atom. The second-order valence-corrected chi connectivity index (χ2v) is 5.22. The molecule has 3 rings (SSSR count). The Bertz CT molecular complexity index is 619. The predicted octanol–water partition coefficient (Wildman–Crippen LogP) is 2.62. The molecule has 1 N–H and O–H groups in total. The van der Waals surface area contributed by atoms with Crippen molar-refractivity contribution in [2.24, 2.45) is 0 Å². The van der Waals surface area contributed by atoms with E-state index in [9.17, 15) is 5.11 Å². The minimum atomic E-state index is -0.691. The quantitative estimate of drug-likeness (QED) is 0.934. The van der Waals surface area contributed by atoms with E-state index < -0.39 is 6.10 Å². The predicted molar refractivity (Wildman–Crippen MR) is 77.0 cm³/mol. The highest BCUT2D eigenvalue weighted by molar-refractivity contribution is 5.46. The van der Waals surface area contributed by atoms with Gasteiger partial charge in [0.05, 0.1) is 18.0 Å². The molecule has 1 aliphatic heterocycles. The SMILES string of the molecule is CCn1nc(C)cc1C(O)c1cccc2c1OCCC2. The summed E-state index contributed by atoms with van der Waals surface area (Å²) in [6.45, 7) is 5.44. The van der Waals surface area contributed by atoms with E-state index in [2.05, 4.69) is 11.2 Å². The fourth-order valence-electron chi connectivity index (χ4n) is 2.83. The number of aliphatic hydroxyl groups is 1. The zero-order valence-electron chi connectivity index (χ0n) is 12.0. The van der Waals surface area contributed by atoms with Crippen LogP contribution in [0.2, 0.25) is 0 Å². The Kier molecular flexibility index (Phi) is 3.49. The summed E-state index contributed by atoms with van der Waals surface area (Å²) in [5.41, 5.74) is 3.78. The van der Waals surface area contributed by atoms with Crippen LogP contribution in [0.3, 0.4) is 0 Å². The molecule has 4 heteroatoms. The summed E-state index contributed by atoms with van der Waals surface area (Å²) in [4.78, 5) is 0. The number of aryl methyl sites for hydroxylation is 3. The molecular weight excluding hydrogens is 252 g/mol. The second kappa shape index (κ2) is 5.29. The summed E-state index contributed by atoms with van der Waals surface area (Å²) >= 11 is 0. The summed E-state index contributed by atoms with van der Waals surface area (Å²) in [6, 6.07) is 7.95. The molecule has 20 heavy (non-hydrogen) atoms. The Morgan fingerprint density at radius 1 is 1.45 bits per heavy atom. The van der Waals surface area contributed by atoms with E-state index in [4.69, 9.17) is 4.74 Å². The van der Waals surface area contributed by atoms with Gasteiger partial charge in [-0.3, -0.25) is 4.68 Å². The maximum atomic E-state index is 10.7. The third-order valence-corrected chi connectivity index (χ3v) is 3.77. The molecule has 1 aromatic heterocycles. The smallest absolute Gasteiger partial charge is 0.128 e. The van der Waals surface area contributed by atoms with Crippen molar-refractivity contribution in [1.29, 1.82) is 0 Å². The van der Waals surface area contributed by atoms with Crippen molar-refractivity contribution >= 4 is 0 Å². The lowest BCUT2D eigenvalue weighted by Gasteiger charge is -2.23. The van der Waals surface area contributed by atoms with E-state index in [-0.39, 0.29) is 0 Å². The van der Waals surface area contributed by atoms with Crippen LogP contribution in [-0.2, 0) is 13.0 Å². The highest BCUT2D eigenvalue weighted by Crippen LogP contribution is 2.35. The van der Waals surface area contributed by atoms with Crippen LogP contribution in [-0.4, -0.2) is 21.5 Å². The third kappa shape index (κ3) is 2.20. The zero-order chi connectivity index (χ0) is 14.1. The number of ether oxygens (including phenoxy) is 1. The lowest BCUT2D eigenvalue weighted by atomic mass is 9.98. The number of nitrogens with zero attached hydrogens (tertiary/aromatic N) is 2. The first-order valence-corrected chi connectivity index (χ1v) is 7.17. The first kappa shape index (κ1) is 13.2. The highest BCUT2D eigenvalue weighted by Gasteiger charge is 2.23. The summed E-state index contributed by atoms with van der Waals surface area (Å²) in [5, 5.41) is 15.1. The van der Waals surface area contributed by atoms with Gasteiger partial charge in [-0.1, -0.05) is 18.2 Å². The number of rotatable bonds is 3. The zero-order valence-corrected chi connectivity index (χ0v) is 12.0. The van der Waals surface area contributed by atoms with Crippen molar-refractivity contribution in [2.45, 2.75) is 39.3 Å². The number of benzene rings is 1. The van der Waals surface area contributed by atoms with Crippen LogP contribution in [0, 0.1) is 6.92 Å². The summed E-state index contributed by atoms with van der Waals surface area (Å²) in [7, 11) is 0. The first-order valence-electron chi connectivity index (χ1n) is 7.17. The van der Waals surface area contributed by atoms with Crippen LogP contribution >= 0.6 is 0 Å². The molecule has 1 aromatic carbocycles. The molecule has 2 heterocycles. The normalized spacial score (nSPS) is 15.6. The van der Waals surface area contributed by atoms with Crippen molar-refractivity contribution in [3.8, 4) is 5.75 Å². The van der Waals surface area contributed by atoms with Crippen LogP contribution in [0.4, 0.5) is 0 Å². The maximum absolute atomic E-state index is 10.7. The lowest BCUT2D eigenvalue weighted by Crippen LogP contribution is -2.14. The molecule has 106 valence electrons. The molecule has 0 bridgehead atoms. The van der Waals surface area contributed by atoms with Crippen LogP contribution in [0.5, 0.6) is 5.75 Å². The van der Waals surface area contributed by atoms with Crippen molar-refractivity contribution in [3.63, 3.8) is 0 Å². The second-order valence-electron chi connectivity index (χ2n) is 5.22. The molecule has 0 saturated heterocycles. The summed E-state index contributed by atoms with van der Waals surface area (Å²) in [6.07, 6.45) is 1.37.